The number of ether oxygens (including phenoxy) is 1. The van der Waals surface area contributed by atoms with E-state index in [1.165, 1.54) is 6.92 Å². The Kier molecular flexibility index (Phi) is 5.54. The summed E-state index contributed by atoms with van der Waals surface area (Å²) >= 11 is 0. The van der Waals surface area contributed by atoms with Gasteiger partial charge in [-0.15, -0.1) is 0 Å². The van der Waals surface area contributed by atoms with E-state index in [9.17, 15) is 14.4 Å². The van der Waals surface area contributed by atoms with E-state index in [-0.39, 0.29) is 5.91 Å². The number of esters is 1. The van der Waals surface area contributed by atoms with Gasteiger partial charge in [0, 0.05) is 24.3 Å². The Labute approximate surface area is 158 Å². The zero-order chi connectivity index (χ0) is 19.4. The van der Waals surface area contributed by atoms with E-state index >= 15 is 0 Å². The molecule has 1 atom stereocenters. The third-order valence-corrected chi connectivity index (χ3v) is 4.46. The van der Waals surface area contributed by atoms with E-state index in [1.807, 2.05) is 19.1 Å². The SMILES string of the molecule is Cc1ccc(NC(=O)[C@H](C)OC(=O)c2ccc(N3CCCC3=O)cc2)cc1. The van der Waals surface area contributed by atoms with Gasteiger partial charge in [0.1, 0.15) is 0 Å². The summed E-state index contributed by atoms with van der Waals surface area (Å²) in [6.07, 6.45) is 0.465. The molecule has 0 radical (unpaired) electrons. The van der Waals surface area contributed by atoms with Crippen molar-refractivity contribution in [3.63, 3.8) is 0 Å². The van der Waals surface area contributed by atoms with Crippen molar-refractivity contribution in [1.29, 1.82) is 0 Å². The Balaban J connectivity index is 1.58. The van der Waals surface area contributed by atoms with Crippen LogP contribution in [0.1, 0.15) is 35.7 Å². The number of carbonyl (C=O) groups is 3. The second-order valence-corrected chi connectivity index (χ2v) is 6.60. The fourth-order valence-electron chi connectivity index (χ4n) is 2.86. The summed E-state index contributed by atoms with van der Waals surface area (Å²) in [6.45, 7) is 4.18. The molecule has 1 heterocycles. The Morgan fingerprint density at radius 1 is 1.07 bits per heavy atom. The number of nitrogens with one attached hydrogen (secondary N) is 1. The molecule has 1 aliphatic rings. The summed E-state index contributed by atoms with van der Waals surface area (Å²) in [4.78, 5) is 37.9. The molecule has 1 N–H and O–H groups in total. The summed E-state index contributed by atoms with van der Waals surface area (Å²) in [7, 11) is 0. The zero-order valence-corrected chi connectivity index (χ0v) is 15.4. The first-order valence-electron chi connectivity index (χ1n) is 8.93. The molecule has 3 rings (SSSR count). The summed E-state index contributed by atoms with van der Waals surface area (Å²) in [5.74, 6) is -0.890. The van der Waals surface area contributed by atoms with Crippen molar-refractivity contribution >= 4 is 29.2 Å². The average Bonchev–Trinajstić information content (AvgIpc) is 3.09. The van der Waals surface area contributed by atoms with Gasteiger partial charge in [-0.3, -0.25) is 9.59 Å². The Hall–Kier alpha value is -3.15. The predicted molar refractivity (Wildman–Crippen MR) is 103 cm³/mol. The lowest BCUT2D eigenvalue weighted by Crippen LogP contribution is -2.30. The highest BCUT2D eigenvalue weighted by molar-refractivity contribution is 5.98. The topological polar surface area (TPSA) is 75.7 Å². The highest BCUT2D eigenvalue weighted by Crippen LogP contribution is 2.22. The number of anilines is 2. The third kappa shape index (κ3) is 4.53. The number of aryl methyl sites for hydroxylation is 1. The van der Waals surface area contributed by atoms with Crippen molar-refractivity contribution in [1.82, 2.24) is 0 Å². The third-order valence-electron chi connectivity index (χ3n) is 4.46. The fraction of sp³-hybridized carbons (Fsp3) is 0.286. The molecule has 6 heteroatoms. The van der Waals surface area contributed by atoms with Gasteiger partial charge in [-0.25, -0.2) is 4.79 Å². The van der Waals surface area contributed by atoms with Crippen molar-refractivity contribution in [2.75, 3.05) is 16.8 Å². The van der Waals surface area contributed by atoms with Crippen LogP contribution >= 0.6 is 0 Å². The summed E-state index contributed by atoms with van der Waals surface area (Å²) in [5, 5.41) is 2.72. The lowest BCUT2D eigenvalue weighted by molar-refractivity contribution is -0.123. The van der Waals surface area contributed by atoms with Crippen LogP contribution in [-0.4, -0.2) is 30.4 Å². The molecule has 2 aromatic carbocycles. The van der Waals surface area contributed by atoms with Gasteiger partial charge in [-0.2, -0.15) is 0 Å². The van der Waals surface area contributed by atoms with E-state index in [0.717, 1.165) is 17.7 Å². The van der Waals surface area contributed by atoms with Gasteiger partial charge in [-0.05, 0) is 56.7 Å². The first kappa shape index (κ1) is 18.6. The average molecular weight is 366 g/mol. The first-order valence-corrected chi connectivity index (χ1v) is 8.93. The zero-order valence-electron chi connectivity index (χ0n) is 15.4. The molecule has 27 heavy (non-hydrogen) atoms. The van der Waals surface area contributed by atoms with Crippen LogP contribution in [0.15, 0.2) is 48.5 Å². The Bertz CT molecular complexity index is 843. The van der Waals surface area contributed by atoms with Crippen molar-refractivity contribution < 1.29 is 19.1 Å². The molecular formula is C21H22N2O4. The van der Waals surface area contributed by atoms with Crippen LogP contribution in [0, 0.1) is 6.92 Å². The van der Waals surface area contributed by atoms with Crippen LogP contribution in [0.5, 0.6) is 0 Å². The summed E-state index contributed by atoms with van der Waals surface area (Å²) in [6, 6.07) is 14.0. The van der Waals surface area contributed by atoms with Gasteiger partial charge < -0.3 is 15.0 Å². The molecule has 140 valence electrons. The molecule has 2 amide bonds. The summed E-state index contributed by atoms with van der Waals surface area (Å²) in [5.41, 5.74) is 2.83. The van der Waals surface area contributed by atoms with Crippen LogP contribution in [0.3, 0.4) is 0 Å². The quantitative estimate of drug-likeness (QED) is 0.824. The maximum Gasteiger partial charge on any atom is 0.338 e. The molecule has 0 aromatic heterocycles. The minimum atomic E-state index is -0.932. The molecule has 0 bridgehead atoms. The maximum absolute atomic E-state index is 12.3. The molecule has 0 spiro atoms. The van der Waals surface area contributed by atoms with Crippen molar-refractivity contribution in [3.05, 3.63) is 59.7 Å². The Morgan fingerprint density at radius 2 is 1.74 bits per heavy atom. The number of benzene rings is 2. The number of rotatable bonds is 5. The first-order chi connectivity index (χ1) is 12.9. The number of carbonyl (C=O) groups excluding carboxylic acids is 3. The predicted octanol–water partition coefficient (Wildman–Crippen LogP) is 3.31. The summed E-state index contributed by atoms with van der Waals surface area (Å²) < 4.78 is 5.25. The molecule has 1 fully saturated rings. The minimum absolute atomic E-state index is 0.0896. The lowest BCUT2D eigenvalue weighted by atomic mass is 10.2. The minimum Gasteiger partial charge on any atom is -0.449 e. The monoisotopic (exact) mass is 366 g/mol. The maximum atomic E-state index is 12.3. The van der Waals surface area contributed by atoms with E-state index in [2.05, 4.69) is 5.32 Å². The number of nitrogens with zero attached hydrogens (tertiary/aromatic N) is 1. The van der Waals surface area contributed by atoms with Crippen LogP contribution in [0.2, 0.25) is 0 Å². The highest BCUT2D eigenvalue weighted by atomic mass is 16.5. The van der Waals surface area contributed by atoms with Gasteiger partial charge in [-0.1, -0.05) is 17.7 Å². The molecule has 0 unspecified atom stereocenters. The smallest absolute Gasteiger partial charge is 0.338 e. The molecule has 6 nitrogen and oxygen atoms in total. The fourth-order valence-corrected chi connectivity index (χ4v) is 2.86. The van der Waals surface area contributed by atoms with Crippen LogP contribution in [0.25, 0.3) is 0 Å². The van der Waals surface area contributed by atoms with Gasteiger partial charge >= 0.3 is 5.97 Å². The van der Waals surface area contributed by atoms with Gasteiger partial charge in [0.2, 0.25) is 5.91 Å². The van der Waals surface area contributed by atoms with Crippen LogP contribution < -0.4 is 10.2 Å². The van der Waals surface area contributed by atoms with Crippen molar-refractivity contribution in [2.45, 2.75) is 32.8 Å². The standard InChI is InChI=1S/C21H22N2O4/c1-14-5-9-17(10-6-14)22-20(25)15(2)27-21(26)16-7-11-18(12-8-16)23-13-3-4-19(23)24/h5-12,15H,3-4,13H2,1-2H3,(H,22,25)/t15-/m0/s1. The molecule has 0 aliphatic carbocycles. The van der Waals surface area contributed by atoms with Gasteiger partial charge in [0.25, 0.3) is 5.91 Å². The number of hydrogen-bond donors (Lipinski definition) is 1. The van der Waals surface area contributed by atoms with Crippen LogP contribution in [-0.2, 0) is 14.3 Å². The molecule has 1 saturated heterocycles. The number of hydrogen-bond acceptors (Lipinski definition) is 4. The largest absolute Gasteiger partial charge is 0.449 e. The van der Waals surface area contributed by atoms with Crippen molar-refractivity contribution in [2.24, 2.45) is 0 Å². The molecule has 2 aromatic rings. The normalized spacial score (nSPS) is 14.7. The van der Waals surface area contributed by atoms with E-state index in [4.69, 9.17) is 4.74 Å². The molecule has 1 aliphatic heterocycles. The molecule has 0 saturated carbocycles. The second-order valence-electron chi connectivity index (χ2n) is 6.60. The van der Waals surface area contributed by atoms with E-state index < -0.39 is 18.0 Å². The van der Waals surface area contributed by atoms with Crippen LogP contribution in [0.4, 0.5) is 11.4 Å². The highest BCUT2D eigenvalue weighted by Gasteiger charge is 2.23. The van der Waals surface area contributed by atoms with Gasteiger partial charge in [0.05, 0.1) is 5.56 Å². The lowest BCUT2D eigenvalue weighted by Gasteiger charge is -2.16. The second kappa shape index (κ2) is 8.03. The van der Waals surface area contributed by atoms with Crippen molar-refractivity contribution in [3.8, 4) is 0 Å². The molecular weight excluding hydrogens is 344 g/mol. The van der Waals surface area contributed by atoms with Gasteiger partial charge in [0.15, 0.2) is 6.10 Å². The number of amides is 2. The van der Waals surface area contributed by atoms with E-state index in [1.54, 1.807) is 41.3 Å². The van der Waals surface area contributed by atoms with E-state index in [0.29, 0.717) is 24.2 Å². The Morgan fingerprint density at radius 3 is 2.33 bits per heavy atom.